The zero-order chi connectivity index (χ0) is 21.8. The van der Waals surface area contributed by atoms with Crippen LogP contribution in [0.5, 0.6) is 0 Å². The number of nitro benzene ring substituents is 1. The Morgan fingerprint density at radius 3 is 2.40 bits per heavy atom. The van der Waals surface area contributed by atoms with Gasteiger partial charge in [0.2, 0.25) is 0 Å². The summed E-state index contributed by atoms with van der Waals surface area (Å²) in [5.74, 6) is -1.24. The molecule has 0 radical (unpaired) electrons. The molecule has 1 N–H and O–H groups in total. The maximum atomic E-state index is 13.0. The quantitative estimate of drug-likeness (QED) is 0.424. The summed E-state index contributed by atoms with van der Waals surface area (Å²) in [5.41, 5.74) is 2.88. The standard InChI is InChI=1S/C22H18ClN3O4/c1-3-30-22(27)20-19(14-4-8-16(23)9-5-14)18(12-24)13(2)25-21(20)15-6-10-17(11-7-15)26(28)29/h4-11,19,25H,3H2,1-2H3/t19-/m1/s1. The number of carbonyl (C=O) groups is 1. The number of halogens is 1. The van der Waals surface area contributed by atoms with Crippen LogP contribution in [0.15, 0.2) is 65.4 Å². The number of nitriles is 1. The lowest BCUT2D eigenvalue weighted by molar-refractivity contribution is -0.384. The van der Waals surface area contributed by atoms with Gasteiger partial charge in [0.05, 0.1) is 40.4 Å². The summed E-state index contributed by atoms with van der Waals surface area (Å²) in [5, 5.41) is 24.5. The predicted octanol–water partition coefficient (Wildman–Crippen LogP) is 4.71. The average Bonchev–Trinajstić information content (AvgIpc) is 2.73. The van der Waals surface area contributed by atoms with Gasteiger partial charge < -0.3 is 10.1 Å². The number of allylic oxidation sites excluding steroid dienone is 2. The van der Waals surface area contributed by atoms with Gasteiger partial charge in [-0.15, -0.1) is 0 Å². The van der Waals surface area contributed by atoms with Gasteiger partial charge >= 0.3 is 5.97 Å². The third-order valence-electron chi connectivity index (χ3n) is 4.75. The van der Waals surface area contributed by atoms with Gasteiger partial charge in [-0.1, -0.05) is 23.7 Å². The number of dihydropyridines is 1. The molecule has 0 saturated heterocycles. The Labute approximate surface area is 178 Å². The summed E-state index contributed by atoms with van der Waals surface area (Å²) in [6.45, 7) is 3.60. The summed E-state index contributed by atoms with van der Waals surface area (Å²) in [6, 6.07) is 14.9. The number of nitro groups is 1. The first-order valence-corrected chi connectivity index (χ1v) is 9.54. The molecule has 0 amide bonds. The van der Waals surface area contributed by atoms with Gasteiger partial charge in [-0.2, -0.15) is 5.26 Å². The SMILES string of the molecule is CCOC(=O)C1=C(c2ccc([N+](=O)[O-])cc2)NC(C)=C(C#N)[C@H]1c1ccc(Cl)cc1. The molecule has 1 aliphatic heterocycles. The minimum atomic E-state index is -0.669. The minimum Gasteiger partial charge on any atom is -0.463 e. The highest BCUT2D eigenvalue weighted by atomic mass is 35.5. The second-order valence-electron chi connectivity index (χ2n) is 6.57. The highest BCUT2D eigenvalue weighted by Crippen LogP contribution is 2.41. The van der Waals surface area contributed by atoms with Crippen LogP contribution in [0.25, 0.3) is 5.70 Å². The Balaban J connectivity index is 2.25. The fourth-order valence-corrected chi connectivity index (χ4v) is 3.50. The van der Waals surface area contributed by atoms with E-state index in [-0.39, 0.29) is 17.9 Å². The van der Waals surface area contributed by atoms with Crippen LogP contribution in [-0.4, -0.2) is 17.5 Å². The first-order valence-electron chi connectivity index (χ1n) is 9.16. The third kappa shape index (κ3) is 4.04. The molecule has 0 spiro atoms. The van der Waals surface area contributed by atoms with Crippen LogP contribution in [0.2, 0.25) is 5.02 Å². The predicted molar refractivity (Wildman–Crippen MR) is 112 cm³/mol. The van der Waals surface area contributed by atoms with Crippen molar-refractivity contribution in [3.8, 4) is 6.07 Å². The van der Waals surface area contributed by atoms with E-state index >= 15 is 0 Å². The van der Waals surface area contributed by atoms with Crippen molar-refractivity contribution >= 4 is 29.0 Å². The van der Waals surface area contributed by atoms with E-state index in [1.165, 1.54) is 12.1 Å². The van der Waals surface area contributed by atoms with E-state index < -0.39 is 16.8 Å². The van der Waals surface area contributed by atoms with E-state index in [9.17, 15) is 20.2 Å². The highest BCUT2D eigenvalue weighted by molar-refractivity contribution is 6.30. The van der Waals surface area contributed by atoms with Crippen molar-refractivity contribution in [2.75, 3.05) is 6.61 Å². The van der Waals surface area contributed by atoms with Gasteiger partial charge in [0.15, 0.2) is 0 Å². The average molecular weight is 424 g/mol. The van der Waals surface area contributed by atoms with Gasteiger partial charge in [-0.3, -0.25) is 10.1 Å². The normalized spacial score (nSPS) is 16.0. The molecule has 2 aromatic rings. The second kappa shape index (κ2) is 8.80. The van der Waals surface area contributed by atoms with Gasteiger partial charge in [0, 0.05) is 22.9 Å². The molecule has 2 aromatic carbocycles. The number of ether oxygens (including phenoxy) is 1. The number of hydrogen-bond donors (Lipinski definition) is 1. The van der Waals surface area contributed by atoms with E-state index in [2.05, 4.69) is 11.4 Å². The number of esters is 1. The number of nitrogens with one attached hydrogen (secondary N) is 1. The van der Waals surface area contributed by atoms with Gasteiger partial charge in [-0.25, -0.2) is 4.79 Å². The summed E-state index contributed by atoms with van der Waals surface area (Å²) >= 11 is 6.02. The maximum absolute atomic E-state index is 13.0. The Hall–Kier alpha value is -3.63. The molecule has 0 fully saturated rings. The zero-order valence-corrected chi connectivity index (χ0v) is 17.1. The monoisotopic (exact) mass is 423 g/mol. The molecule has 0 saturated carbocycles. The molecular formula is C22H18ClN3O4. The van der Waals surface area contributed by atoms with Crippen LogP contribution in [0.3, 0.4) is 0 Å². The van der Waals surface area contributed by atoms with Crippen molar-refractivity contribution in [1.82, 2.24) is 5.32 Å². The number of nitrogens with zero attached hydrogens (tertiary/aromatic N) is 2. The fourth-order valence-electron chi connectivity index (χ4n) is 3.37. The van der Waals surface area contributed by atoms with Crippen molar-refractivity contribution in [2.24, 2.45) is 0 Å². The van der Waals surface area contributed by atoms with Crippen molar-refractivity contribution < 1.29 is 14.5 Å². The molecule has 8 heteroatoms. The Bertz CT molecular complexity index is 1100. The van der Waals surface area contributed by atoms with Crippen LogP contribution in [0.1, 0.15) is 30.9 Å². The van der Waals surface area contributed by atoms with E-state index in [1.807, 2.05) is 0 Å². The first-order chi connectivity index (χ1) is 14.4. The molecule has 152 valence electrons. The third-order valence-corrected chi connectivity index (χ3v) is 5.00. The lowest BCUT2D eigenvalue weighted by atomic mass is 9.80. The number of hydrogen-bond acceptors (Lipinski definition) is 6. The molecule has 1 atom stereocenters. The van der Waals surface area contributed by atoms with Crippen LogP contribution in [0, 0.1) is 21.4 Å². The fraction of sp³-hybridized carbons (Fsp3) is 0.182. The highest BCUT2D eigenvalue weighted by Gasteiger charge is 2.36. The second-order valence-corrected chi connectivity index (χ2v) is 7.01. The molecule has 3 rings (SSSR count). The lowest BCUT2D eigenvalue weighted by Crippen LogP contribution is -2.29. The Morgan fingerprint density at radius 2 is 1.87 bits per heavy atom. The molecule has 1 heterocycles. The van der Waals surface area contributed by atoms with Gasteiger partial charge in [0.1, 0.15) is 0 Å². The van der Waals surface area contributed by atoms with Crippen molar-refractivity contribution in [3.63, 3.8) is 0 Å². The first kappa shape index (κ1) is 21.1. The summed E-state index contributed by atoms with van der Waals surface area (Å²) in [4.78, 5) is 23.5. The van der Waals surface area contributed by atoms with Crippen LogP contribution in [-0.2, 0) is 9.53 Å². The molecule has 0 aromatic heterocycles. The smallest absolute Gasteiger partial charge is 0.337 e. The number of benzene rings is 2. The van der Waals surface area contributed by atoms with Gasteiger partial charge in [0.25, 0.3) is 5.69 Å². The van der Waals surface area contributed by atoms with Crippen LogP contribution >= 0.6 is 11.6 Å². The van der Waals surface area contributed by atoms with E-state index in [1.54, 1.807) is 50.2 Å². The zero-order valence-electron chi connectivity index (χ0n) is 16.3. The molecular weight excluding hydrogens is 406 g/mol. The number of non-ortho nitro benzene ring substituents is 1. The Kier molecular flexibility index (Phi) is 6.19. The Morgan fingerprint density at radius 1 is 1.23 bits per heavy atom. The summed E-state index contributed by atoms with van der Waals surface area (Å²) in [6.07, 6.45) is 0. The van der Waals surface area contributed by atoms with Crippen molar-refractivity contribution in [1.29, 1.82) is 5.26 Å². The van der Waals surface area contributed by atoms with E-state index in [0.717, 1.165) is 0 Å². The number of carbonyl (C=O) groups excluding carboxylic acids is 1. The van der Waals surface area contributed by atoms with Crippen molar-refractivity contribution in [2.45, 2.75) is 19.8 Å². The van der Waals surface area contributed by atoms with E-state index in [4.69, 9.17) is 16.3 Å². The molecule has 0 unspecified atom stereocenters. The molecule has 30 heavy (non-hydrogen) atoms. The van der Waals surface area contributed by atoms with Crippen LogP contribution in [0.4, 0.5) is 5.69 Å². The van der Waals surface area contributed by atoms with Crippen LogP contribution < -0.4 is 5.32 Å². The minimum absolute atomic E-state index is 0.0629. The topological polar surface area (TPSA) is 105 Å². The molecule has 1 aliphatic rings. The van der Waals surface area contributed by atoms with Crippen molar-refractivity contribution in [3.05, 3.63) is 91.6 Å². The molecule has 0 aliphatic carbocycles. The van der Waals surface area contributed by atoms with E-state index in [0.29, 0.717) is 33.1 Å². The van der Waals surface area contributed by atoms with Gasteiger partial charge in [-0.05, 0) is 49.2 Å². The summed E-state index contributed by atoms with van der Waals surface area (Å²) < 4.78 is 5.30. The maximum Gasteiger partial charge on any atom is 0.337 e. The molecule has 0 bridgehead atoms. The molecule has 7 nitrogen and oxygen atoms in total. The summed E-state index contributed by atoms with van der Waals surface area (Å²) in [7, 11) is 0. The largest absolute Gasteiger partial charge is 0.463 e. The number of rotatable bonds is 5. The lowest BCUT2D eigenvalue weighted by Gasteiger charge is -2.30.